The van der Waals surface area contributed by atoms with Crippen LogP contribution in [0.2, 0.25) is 0 Å². The van der Waals surface area contributed by atoms with Gasteiger partial charge in [-0.3, -0.25) is 0 Å². The van der Waals surface area contributed by atoms with Crippen molar-refractivity contribution >= 4 is 0 Å². The summed E-state index contributed by atoms with van der Waals surface area (Å²) in [4.78, 5) is 9.32. The molecule has 1 saturated heterocycles. The molecule has 1 atom stereocenters. The Balaban J connectivity index is 2.02. The van der Waals surface area contributed by atoms with E-state index < -0.39 is 0 Å². The van der Waals surface area contributed by atoms with E-state index in [1.165, 1.54) is 19.3 Å². The van der Waals surface area contributed by atoms with E-state index in [0.717, 1.165) is 6.54 Å². The molecule has 0 aliphatic carbocycles. The predicted molar refractivity (Wildman–Crippen MR) is 38.6 cm³/mol. The fourth-order valence-electron chi connectivity index (χ4n) is 1.22. The van der Waals surface area contributed by atoms with E-state index >= 15 is 0 Å². The van der Waals surface area contributed by atoms with E-state index in [0.29, 0.717) is 12.6 Å². The lowest BCUT2D eigenvalue weighted by molar-refractivity contribution is -0.276. The summed E-state index contributed by atoms with van der Waals surface area (Å²) >= 11 is 0. The van der Waals surface area contributed by atoms with Crippen LogP contribution in [-0.2, 0) is 9.78 Å². The lowest BCUT2D eigenvalue weighted by atomic mass is 10.1. The fourth-order valence-corrected chi connectivity index (χ4v) is 1.22. The second-order valence-electron chi connectivity index (χ2n) is 2.60. The molecule has 1 aliphatic heterocycles. The third-order valence-corrected chi connectivity index (χ3v) is 1.80. The van der Waals surface area contributed by atoms with Crippen molar-refractivity contribution in [3.8, 4) is 0 Å². The molecule has 0 aromatic heterocycles. The largest absolute Gasteiger partial charge is 0.312 e. The Morgan fingerprint density at radius 3 is 3.00 bits per heavy atom. The Morgan fingerprint density at radius 1 is 1.50 bits per heavy atom. The zero-order valence-corrected chi connectivity index (χ0v) is 6.43. The number of piperidine rings is 1. The fraction of sp³-hybridized carbons (Fsp3) is 1.00. The topological polar surface area (TPSA) is 30.5 Å². The highest BCUT2D eigenvalue weighted by Gasteiger charge is 2.11. The summed E-state index contributed by atoms with van der Waals surface area (Å²) in [6.45, 7) is 1.80. The Labute approximate surface area is 61.6 Å². The summed E-state index contributed by atoms with van der Waals surface area (Å²) in [5, 5.41) is 3.35. The quantitative estimate of drug-likeness (QED) is 0.468. The molecule has 0 bridgehead atoms. The van der Waals surface area contributed by atoms with Crippen LogP contribution in [0.15, 0.2) is 0 Å². The van der Waals surface area contributed by atoms with Gasteiger partial charge in [-0.25, -0.2) is 9.78 Å². The van der Waals surface area contributed by atoms with Crippen molar-refractivity contribution in [2.24, 2.45) is 0 Å². The van der Waals surface area contributed by atoms with E-state index in [9.17, 15) is 0 Å². The number of nitrogens with one attached hydrogen (secondary N) is 1. The van der Waals surface area contributed by atoms with Gasteiger partial charge in [-0.2, -0.15) is 0 Å². The van der Waals surface area contributed by atoms with Crippen molar-refractivity contribution in [3.05, 3.63) is 0 Å². The molecular weight excluding hydrogens is 130 g/mol. The Bertz CT molecular complexity index is 81.7. The molecule has 10 heavy (non-hydrogen) atoms. The zero-order valence-electron chi connectivity index (χ0n) is 6.43. The molecule has 0 aromatic carbocycles. The highest BCUT2D eigenvalue weighted by molar-refractivity contribution is 4.70. The maximum absolute atomic E-state index is 4.81. The van der Waals surface area contributed by atoms with Gasteiger partial charge in [-0.1, -0.05) is 6.42 Å². The summed E-state index contributed by atoms with van der Waals surface area (Å²) in [6, 6.07) is 0.508. The van der Waals surface area contributed by atoms with Crippen LogP contribution in [0.4, 0.5) is 0 Å². The molecule has 0 radical (unpaired) electrons. The van der Waals surface area contributed by atoms with Gasteiger partial charge < -0.3 is 5.32 Å². The van der Waals surface area contributed by atoms with Crippen LogP contribution in [0.3, 0.4) is 0 Å². The first-order valence-corrected chi connectivity index (χ1v) is 3.82. The first-order chi connectivity index (χ1) is 4.93. The van der Waals surface area contributed by atoms with Gasteiger partial charge >= 0.3 is 0 Å². The van der Waals surface area contributed by atoms with Crippen molar-refractivity contribution < 1.29 is 9.78 Å². The SMILES string of the molecule is COOC[C@H]1CCCCN1. The van der Waals surface area contributed by atoms with Crippen LogP contribution < -0.4 is 5.32 Å². The zero-order chi connectivity index (χ0) is 7.23. The van der Waals surface area contributed by atoms with Crippen molar-refractivity contribution in [3.63, 3.8) is 0 Å². The molecule has 0 aromatic rings. The Morgan fingerprint density at radius 2 is 2.40 bits per heavy atom. The summed E-state index contributed by atoms with van der Waals surface area (Å²) in [7, 11) is 1.54. The maximum atomic E-state index is 4.81. The molecule has 60 valence electrons. The molecule has 1 N–H and O–H groups in total. The lowest BCUT2D eigenvalue weighted by Gasteiger charge is -2.21. The highest BCUT2D eigenvalue weighted by Crippen LogP contribution is 2.06. The van der Waals surface area contributed by atoms with Crippen LogP contribution in [0.5, 0.6) is 0 Å². The molecule has 1 aliphatic rings. The standard InChI is InChI=1S/C7H15NO2/c1-9-10-6-7-4-2-3-5-8-7/h7-8H,2-6H2,1H3/t7-/m1/s1. The van der Waals surface area contributed by atoms with Gasteiger partial charge in [0.2, 0.25) is 0 Å². The van der Waals surface area contributed by atoms with Crippen molar-refractivity contribution in [1.29, 1.82) is 0 Å². The number of hydrogen-bond acceptors (Lipinski definition) is 3. The molecule has 3 nitrogen and oxygen atoms in total. The van der Waals surface area contributed by atoms with Crippen molar-refractivity contribution in [2.45, 2.75) is 25.3 Å². The summed E-state index contributed by atoms with van der Waals surface area (Å²) in [6.07, 6.45) is 3.82. The molecule has 1 heterocycles. The average molecular weight is 145 g/mol. The predicted octanol–water partition coefficient (Wildman–Crippen LogP) is 0.707. The molecular formula is C7H15NO2. The van der Waals surface area contributed by atoms with Gasteiger partial charge in [0, 0.05) is 6.04 Å². The van der Waals surface area contributed by atoms with E-state index in [-0.39, 0.29) is 0 Å². The summed E-state index contributed by atoms with van der Waals surface area (Å²) in [5.41, 5.74) is 0. The van der Waals surface area contributed by atoms with Gasteiger partial charge in [0.25, 0.3) is 0 Å². The second kappa shape index (κ2) is 4.66. The van der Waals surface area contributed by atoms with Crippen LogP contribution in [0.25, 0.3) is 0 Å². The maximum Gasteiger partial charge on any atom is 0.0975 e. The van der Waals surface area contributed by atoms with Crippen molar-refractivity contribution in [2.75, 3.05) is 20.3 Å². The van der Waals surface area contributed by atoms with Gasteiger partial charge in [-0.05, 0) is 19.4 Å². The third-order valence-electron chi connectivity index (χ3n) is 1.80. The van der Waals surface area contributed by atoms with E-state index in [4.69, 9.17) is 4.89 Å². The molecule has 1 rings (SSSR count). The lowest BCUT2D eigenvalue weighted by Crippen LogP contribution is -2.37. The normalized spacial score (nSPS) is 26.7. The summed E-state index contributed by atoms with van der Waals surface area (Å²) < 4.78 is 0. The average Bonchev–Trinajstić information content (AvgIpc) is 2.03. The van der Waals surface area contributed by atoms with Crippen LogP contribution in [0.1, 0.15) is 19.3 Å². The smallest absolute Gasteiger partial charge is 0.0975 e. The first-order valence-electron chi connectivity index (χ1n) is 3.82. The van der Waals surface area contributed by atoms with Gasteiger partial charge in [0.05, 0.1) is 13.7 Å². The molecule has 0 saturated carbocycles. The van der Waals surface area contributed by atoms with Gasteiger partial charge in [-0.15, -0.1) is 0 Å². The van der Waals surface area contributed by atoms with Crippen LogP contribution in [0, 0.1) is 0 Å². The van der Waals surface area contributed by atoms with E-state index in [1.807, 2.05) is 0 Å². The molecule has 0 amide bonds. The number of rotatable bonds is 3. The second-order valence-corrected chi connectivity index (χ2v) is 2.60. The molecule has 0 unspecified atom stereocenters. The van der Waals surface area contributed by atoms with Crippen LogP contribution >= 0.6 is 0 Å². The third kappa shape index (κ3) is 2.64. The van der Waals surface area contributed by atoms with Crippen molar-refractivity contribution in [1.82, 2.24) is 5.32 Å². The minimum Gasteiger partial charge on any atom is -0.312 e. The van der Waals surface area contributed by atoms with Gasteiger partial charge in [0.1, 0.15) is 0 Å². The monoisotopic (exact) mass is 145 g/mol. The number of hydrogen-bond donors (Lipinski definition) is 1. The first kappa shape index (κ1) is 7.98. The van der Waals surface area contributed by atoms with E-state index in [1.54, 1.807) is 7.11 Å². The minimum absolute atomic E-state index is 0.508. The van der Waals surface area contributed by atoms with Crippen LogP contribution in [-0.4, -0.2) is 26.3 Å². The van der Waals surface area contributed by atoms with Gasteiger partial charge in [0.15, 0.2) is 0 Å². The highest BCUT2D eigenvalue weighted by atomic mass is 17.2. The summed E-state index contributed by atoms with van der Waals surface area (Å²) in [5.74, 6) is 0. The Kier molecular flexibility index (Phi) is 3.72. The molecule has 1 fully saturated rings. The van der Waals surface area contributed by atoms with E-state index in [2.05, 4.69) is 10.2 Å². The molecule has 0 spiro atoms. The molecule has 3 heteroatoms. The Hall–Kier alpha value is -0.120. The minimum atomic E-state index is 0.508.